The lowest BCUT2D eigenvalue weighted by molar-refractivity contribution is 0.0331. The van der Waals surface area contributed by atoms with Crippen molar-refractivity contribution in [2.75, 3.05) is 13.2 Å². The molecule has 1 aromatic heterocycles. The number of nitrogens with zero attached hydrogens (tertiary/aromatic N) is 2. The van der Waals surface area contributed by atoms with Crippen molar-refractivity contribution in [2.24, 2.45) is 5.92 Å². The van der Waals surface area contributed by atoms with Crippen LogP contribution in [0.3, 0.4) is 0 Å². The van der Waals surface area contributed by atoms with Gasteiger partial charge in [-0.05, 0) is 19.8 Å². The summed E-state index contributed by atoms with van der Waals surface area (Å²) in [6, 6.07) is 0.272. The van der Waals surface area contributed by atoms with Gasteiger partial charge in [0.05, 0.1) is 17.7 Å². The van der Waals surface area contributed by atoms with Gasteiger partial charge in [-0.1, -0.05) is 0 Å². The molecule has 0 spiro atoms. The average molecular weight is 252 g/mol. The molecule has 1 saturated heterocycles. The maximum absolute atomic E-state index is 12.3. The summed E-state index contributed by atoms with van der Waals surface area (Å²) < 4.78 is 5.78. The summed E-state index contributed by atoms with van der Waals surface area (Å²) in [6.45, 7) is 3.59. The van der Waals surface area contributed by atoms with Crippen LogP contribution in [0.5, 0.6) is 0 Å². The monoisotopic (exact) mass is 252 g/mol. The minimum Gasteiger partial charge on any atom is -0.376 e. The lowest BCUT2D eigenvalue weighted by Gasteiger charge is -2.26. The van der Waals surface area contributed by atoms with Crippen molar-refractivity contribution in [2.45, 2.75) is 31.9 Å². The van der Waals surface area contributed by atoms with Gasteiger partial charge >= 0.3 is 0 Å². The first-order valence-electron chi connectivity index (χ1n) is 6.12. The minimum absolute atomic E-state index is 0.0724. The summed E-state index contributed by atoms with van der Waals surface area (Å²) in [4.78, 5) is 18.3. The number of ether oxygens (including phenoxy) is 1. The fourth-order valence-electron chi connectivity index (χ4n) is 3.08. The van der Waals surface area contributed by atoms with Gasteiger partial charge in [0.15, 0.2) is 0 Å². The third-order valence-corrected chi connectivity index (χ3v) is 4.37. The van der Waals surface area contributed by atoms with Crippen LogP contribution in [-0.2, 0) is 4.74 Å². The molecule has 0 aromatic carbocycles. The summed E-state index contributed by atoms with van der Waals surface area (Å²) in [5, 5.41) is 1.82. The second-order valence-electron chi connectivity index (χ2n) is 4.66. The van der Waals surface area contributed by atoms with Crippen LogP contribution in [0.4, 0.5) is 0 Å². The van der Waals surface area contributed by atoms with Crippen molar-refractivity contribution < 1.29 is 9.53 Å². The number of likely N-dealkylation sites (tertiary alicyclic amines) is 1. The number of aromatic nitrogens is 1. The number of fused-ring (bicyclic) bond motifs is 2. The van der Waals surface area contributed by atoms with Crippen molar-refractivity contribution >= 4 is 17.2 Å². The Hall–Kier alpha value is -0.940. The third-order valence-electron chi connectivity index (χ3n) is 3.78. The van der Waals surface area contributed by atoms with Crippen LogP contribution in [0, 0.1) is 5.92 Å². The maximum Gasteiger partial charge on any atom is 0.273 e. The molecule has 3 rings (SSSR count). The summed E-state index contributed by atoms with van der Waals surface area (Å²) in [7, 11) is 0. The Labute approximate surface area is 105 Å². The number of hydrogen-bond donors (Lipinski definition) is 0. The Bertz CT molecular complexity index is 407. The van der Waals surface area contributed by atoms with E-state index in [2.05, 4.69) is 4.98 Å². The zero-order valence-corrected chi connectivity index (χ0v) is 10.7. The van der Waals surface area contributed by atoms with Gasteiger partial charge in [-0.25, -0.2) is 4.98 Å². The average Bonchev–Trinajstić information content (AvgIpc) is 3.04. The predicted molar refractivity (Wildman–Crippen MR) is 65.1 cm³/mol. The lowest BCUT2D eigenvalue weighted by Crippen LogP contribution is -2.40. The number of thiazole rings is 1. The van der Waals surface area contributed by atoms with Crippen LogP contribution >= 0.6 is 11.3 Å². The lowest BCUT2D eigenvalue weighted by atomic mass is 10.1. The van der Waals surface area contributed by atoms with Crippen molar-refractivity contribution in [3.8, 4) is 0 Å². The number of rotatable bonds is 3. The Kier molecular flexibility index (Phi) is 2.88. The van der Waals surface area contributed by atoms with Crippen LogP contribution in [-0.4, -0.2) is 41.1 Å². The van der Waals surface area contributed by atoms with E-state index in [1.807, 2.05) is 17.2 Å². The fourth-order valence-corrected chi connectivity index (χ4v) is 3.61. The van der Waals surface area contributed by atoms with E-state index in [0.29, 0.717) is 11.6 Å². The van der Waals surface area contributed by atoms with Gasteiger partial charge < -0.3 is 9.64 Å². The van der Waals surface area contributed by atoms with Gasteiger partial charge in [-0.15, -0.1) is 11.3 Å². The van der Waals surface area contributed by atoms with Gasteiger partial charge in [0.1, 0.15) is 5.69 Å². The SMILES string of the molecule is CCOC1C2CCC1N(C(=O)c1cscn1)C2. The van der Waals surface area contributed by atoms with E-state index in [1.54, 1.807) is 5.51 Å². The molecule has 5 heteroatoms. The van der Waals surface area contributed by atoms with E-state index in [1.165, 1.54) is 17.8 Å². The van der Waals surface area contributed by atoms with Crippen molar-refractivity contribution in [1.82, 2.24) is 9.88 Å². The van der Waals surface area contributed by atoms with E-state index in [-0.39, 0.29) is 18.1 Å². The molecule has 0 N–H and O–H groups in total. The molecule has 1 aliphatic heterocycles. The molecule has 92 valence electrons. The smallest absolute Gasteiger partial charge is 0.273 e. The van der Waals surface area contributed by atoms with Crippen LogP contribution < -0.4 is 0 Å². The zero-order valence-electron chi connectivity index (χ0n) is 9.83. The van der Waals surface area contributed by atoms with Gasteiger partial charge in [-0.2, -0.15) is 0 Å². The van der Waals surface area contributed by atoms with Crippen molar-refractivity contribution in [3.05, 3.63) is 16.6 Å². The minimum atomic E-state index is 0.0724. The van der Waals surface area contributed by atoms with E-state index in [4.69, 9.17) is 4.74 Å². The number of amides is 1. The van der Waals surface area contributed by atoms with E-state index < -0.39 is 0 Å². The highest BCUT2D eigenvalue weighted by atomic mass is 32.1. The molecular formula is C12H16N2O2S. The number of hydrogen-bond acceptors (Lipinski definition) is 4. The standard InChI is InChI=1S/C12H16N2O2S/c1-2-16-11-8-3-4-10(11)14(5-8)12(15)9-6-17-7-13-9/h6-8,10-11H,2-5H2,1H3. The molecule has 1 amide bonds. The Morgan fingerprint density at radius 3 is 3.24 bits per heavy atom. The quantitative estimate of drug-likeness (QED) is 0.823. The molecule has 2 heterocycles. The van der Waals surface area contributed by atoms with Crippen molar-refractivity contribution in [1.29, 1.82) is 0 Å². The molecule has 2 fully saturated rings. The largest absolute Gasteiger partial charge is 0.376 e. The van der Waals surface area contributed by atoms with Crippen LogP contribution in [0.1, 0.15) is 30.3 Å². The molecule has 3 unspecified atom stereocenters. The second kappa shape index (κ2) is 4.38. The number of piperidine rings is 1. The summed E-state index contributed by atoms with van der Waals surface area (Å²) in [6.07, 6.45) is 2.52. The Morgan fingerprint density at radius 2 is 2.53 bits per heavy atom. The van der Waals surface area contributed by atoms with Gasteiger partial charge in [0, 0.05) is 24.4 Å². The molecule has 1 saturated carbocycles. The third kappa shape index (κ3) is 1.77. The molecule has 4 nitrogen and oxygen atoms in total. The molecule has 1 aliphatic carbocycles. The van der Waals surface area contributed by atoms with Gasteiger partial charge in [-0.3, -0.25) is 4.79 Å². The van der Waals surface area contributed by atoms with E-state index >= 15 is 0 Å². The molecule has 17 heavy (non-hydrogen) atoms. The van der Waals surface area contributed by atoms with Crippen molar-refractivity contribution in [3.63, 3.8) is 0 Å². The second-order valence-corrected chi connectivity index (χ2v) is 5.37. The highest BCUT2D eigenvalue weighted by Crippen LogP contribution is 2.40. The Morgan fingerprint density at radius 1 is 1.65 bits per heavy atom. The summed E-state index contributed by atoms with van der Waals surface area (Å²) >= 11 is 1.47. The first-order chi connectivity index (χ1) is 8.31. The zero-order chi connectivity index (χ0) is 11.8. The van der Waals surface area contributed by atoms with Crippen LogP contribution in [0.15, 0.2) is 10.9 Å². The van der Waals surface area contributed by atoms with E-state index in [0.717, 1.165) is 19.6 Å². The van der Waals surface area contributed by atoms with Crippen LogP contribution in [0.2, 0.25) is 0 Å². The summed E-state index contributed by atoms with van der Waals surface area (Å²) in [5.74, 6) is 0.602. The molecule has 2 aliphatic rings. The summed E-state index contributed by atoms with van der Waals surface area (Å²) in [5.41, 5.74) is 2.29. The van der Waals surface area contributed by atoms with Gasteiger partial charge in [0.2, 0.25) is 0 Å². The maximum atomic E-state index is 12.3. The predicted octanol–water partition coefficient (Wildman–Crippen LogP) is 1.78. The first-order valence-corrected chi connectivity index (χ1v) is 7.06. The van der Waals surface area contributed by atoms with Crippen LogP contribution in [0.25, 0.3) is 0 Å². The molecule has 3 atom stereocenters. The highest BCUT2D eigenvalue weighted by molar-refractivity contribution is 7.07. The Balaban J connectivity index is 1.76. The highest BCUT2D eigenvalue weighted by Gasteiger charge is 2.49. The molecule has 0 radical (unpaired) electrons. The number of carbonyl (C=O) groups is 1. The topological polar surface area (TPSA) is 42.4 Å². The molecular weight excluding hydrogens is 236 g/mol. The molecule has 2 bridgehead atoms. The fraction of sp³-hybridized carbons (Fsp3) is 0.667. The van der Waals surface area contributed by atoms with E-state index in [9.17, 15) is 4.79 Å². The normalized spacial score (nSPS) is 31.1. The van der Waals surface area contributed by atoms with Gasteiger partial charge in [0.25, 0.3) is 5.91 Å². The first kappa shape index (κ1) is 11.2. The number of carbonyl (C=O) groups excluding carboxylic acids is 1. The molecule has 1 aromatic rings.